The van der Waals surface area contributed by atoms with E-state index in [2.05, 4.69) is 5.32 Å². The van der Waals surface area contributed by atoms with E-state index in [0.717, 1.165) is 10.1 Å². The molecule has 0 fully saturated rings. The number of thiophene rings is 1. The Morgan fingerprint density at radius 3 is 2.88 bits per heavy atom. The fourth-order valence-electron chi connectivity index (χ4n) is 1.46. The molecule has 4 nitrogen and oxygen atoms in total. The van der Waals surface area contributed by atoms with Crippen molar-refractivity contribution >= 4 is 27.3 Å². The first kappa shape index (κ1) is 12.0. The second-order valence-corrected chi connectivity index (χ2v) is 4.78. The second kappa shape index (κ2) is 5.27. The van der Waals surface area contributed by atoms with Crippen LogP contribution in [-0.2, 0) is 0 Å². The van der Waals surface area contributed by atoms with Crippen molar-refractivity contribution in [3.05, 3.63) is 35.2 Å². The number of carbonyl (C=O) groups excluding carboxylic acids is 1. The molecule has 5 heteroatoms. The summed E-state index contributed by atoms with van der Waals surface area (Å²) in [7, 11) is 0. The first-order valence-electron chi connectivity index (χ1n) is 5.26. The van der Waals surface area contributed by atoms with E-state index in [0.29, 0.717) is 4.88 Å². The smallest absolute Gasteiger partial charge is 0.261 e. The van der Waals surface area contributed by atoms with Crippen molar-refractivity contribution in [3.63, 3.8) is 0 Å². The minimum atomic E-state index is -0.909. The fraction of sp³-hybridized carbons (Fsp3) is 0.250. The van der Waals surface area contributed by atoms with Gasteiger partial charge in [-0.15, -0.1) is 11.3 Å². The van der Waals surface area contributed by atoms with Gasteiger partial charge in [-0.3, -0.25) is 4.79 Å². The number of aliphatic hydroxyl groups excluding tert-OH is 2. The lowest BCUT2D eigenvalue weighted by Gasteiger charge is -2.07. The Hall–Kier alpha value is -1.43. The van der Waals surface area contributed by atoms with Gasteiger partial charge in [0, 0.05) is 11.2 Å². The van der Waals surface area contributed by atoms with Gasteiger partial charge in [0.1, 0.15) is 0 Å². The third-order valence-electron chi connectivity index (χ3n) is 2.36. The summed E-state index contributed by atoms with van der Waals surface area (Å²) in [5.74, 6) is -0.223. The molecular formula is C12H13NO3S. The normalized spacial score (nSPS) is 12.6. The molecule has 0 aliphatic carbocycles. The third kappa shape index (κ3) is 2.82. The third-order valence-corrected chi connectivity index (χ3v) is 3.47. The zero-order valence-corrected chi connectivity index (χ0v) is 9.91. The molecule has 3 N–H and O–H groups in total. The molecule has 1 aromatic heterocycles. The van der Waals surface area contributed by atoms with Gasteiger partial charge in [0.25, 0.3) is 5.91 Å². The SMILES string of the molecule is O=C(NCC(O)CO)c1cc2ccccc2s1. The highest BCUT2D eigenvalue weighted by atomic mass is 32.1. The summed E-state index contributed by atoms with van der Waals surface area (Å²) < 4.78 is 1.06. The largest absolute Gasteiger partial charge is 0.394 e. The van der Waals surface area contributed by atoms with Crippen LogP contribution in [0, 0.1) is 0 Å². The minimum absolute atomic E-state index is 0.0591. The maximum absolute atomic E-state index is 11.7. The number of nitrogens with one attached hydrogen (secondary N) is 1. The van der Waals surface area contributed by atoms with Crippen LogP contribution in [0.4, 0.5) is 0 Å². The molecule has 0 aliphatic rings. The van der Waals surface area contributed by atoms with Gasteiger partial charge >= 0.3 is 0 Å². The standard InChI is InChI=1S/C12H13NO3S/c14-7-9(15)6-13-12(16)11-5-8-3-1-2-4-10(8)17-11/h1-5,9,14-15H,6-7H2,(H,13,16). The highest BCUT2D eigenvalue weighted by Gasteiger charge is 2.11. The first-order valence-corrected chi connectivity index (χ1v) is 6.08. The van der Waals surface area contributed by atoms with Crippen LogP contribution in [0.5, 0.6) is 0 Å². The van der Waals surface area contributed by atoms with Gasteiger partial charge < -0.3 is 15.5 Å². The van der Waals surface area contributed by atoms with Crippen molar-refractivity contribution in [2.75, 3.05) is 13.2 Å². The monoisotopic (exact) mass is 251 g/mol. The van der Waals surface area contributed by atoms with E-state index < -0.39 is 6.10 Å². The molecule has 0 spiro atoms. The van der Waals surface area contributed by atoms with Gasteiger partial charge in [-0.2, -0.15) is 0 Å². The molecular weight excluding hydrogens is 238 g/mol. The topological polar surface area (TPSA) is 69.6 Å². The predicted octanol–water partition coefficient (Wildman–Crippen LogP) is 0.984. The van der Waals surface area contributed by atoms with Gasteiger partial charge in [0.15, 0.2) is 0 Å². The van der Waals surface area contributed by atoms with Crippen LogP contribution < -0.4 is 5.32 Å². The lowest BCUT2D eigenvalue weighted by molar-refractivity contribution is 0.0804. The molecule has 17 heavy (non-hydrogen) atoms. The van der Waals surface area contributed by atoms with Crippen molar-refractivity contribution in [3.8, 4) is 0 Å². The molecule has 1 aromatic carbocycles. The van der Waals surface area contributed by atoms with Crippen LogP contribution in [0.2, 0.25) is 0 Å². The summed E-state index contributed by atoms with van der Waals surface area (Å²) in [5, 5.41) is 21.4. The number of carbonyl (C=O) groups is 1. The predicted molar refractivity (Wildman–Crippen MR) is 67.3 cm³/mol. The van der Waals surface area contributed by atoms with E-state index >= 15 is 0 Å². The summed E-state index contributed by atoms with van der Waals surface area (Å²) in [6, 6.07) is 9.58. The molecule has 0 saturated carbocycles. The summed E-state index contributed by atoms with van der Waals surface area (Å²) in [4.78, 5) is 12.3. The molecule has 0 bridgehead atoms. The number of aliphatic hydroxyl groups is 2. The van der Waals surface area contributed by atoms with E-state index in [9.17, 15) is 4.79 Å². The molecule has 0 saturated heterocycles. The van der Waals surface area contributed by atoms with Crippen molar-refractivity contribution in [2.45, 2.75) is 6.10 Å². The molecule has 1 atom stereocenters. The Labute approximate surface area is 103 Å². The highest BCUT2D eigenvalue weighted by Crippen LogP contribution is 2.24. The van der Waals surface area contributed by atoms with E-state index in [1.54, 1.807) is 0 Å². The average Bonchev–Trinajstić information content (AvgIpc) is 2.79. The van der Waals surface area contributed by atoms with Gasteiger partial charge in [0.2, 0.25) is 0 Å². The van der Waals surface area contributed by atoms with Crippen LogP contribution in [0.25, 0.3) is 10.1 Å². The number of fused-ring (bicyclic) bond motifs is 1. The van der Waals surface area contributed by atoms with Gasteiger partial charge in [0.05, 0.1) is 17.6 Å². The van der Waals surface area contributed by atoms with Gasteiger partial charge in [-0.25, -0.2) is 0 Å². The molecule has 1 heterocycles. The lowest BCUT2D eigenvalue weighted by Crippen LogP contribution is -2.33. The summed E-state index contributed by atoms with van der Waals surface area (Å²) in [6.45, 7) is -0.295. The van der Waals surface area contributed by atoms with Gasteiger partial charge in [-0.05, 0) is 17.5 Å². The summed E-state index contributed by atoms with van der Waals surface area (Å²) >= 11 is 1.41. The number of hydrogen-bond acceptors (Lipinski definition) is 4. The molecule has 2 aromatic rings. The van der Waals surface area contributed by atoms with Crippen LogP contribution >= 0.6 is 11.3 Å². The van der Waals surface area contributed by atoms with Crippen LogP contribution in [0.15, 0.2) is 30.3 Å². The minimum Gasteiger partial charge on any atom is -0.394 e. The second-order valence-electron chi connectivity index (χ2n) is 3.69. The quantitative estimate of drug-likeness (QED) is 0.759. The number of benzene rings is 1. The molecule has 90 valence electrons. The van der Waals surface area contributed by atoms with Crippen molar-refractivity contribution in [2.24, 2.45) is 0 Å². The van der Waals surface area contributed by atoms with Crippen LogP contribution in [-0.4, -0.2) is 35.4 Å². The molecule has 1 amide bonds. The Bertz CT molecular complexity index is 490. The summed E-state index contributed by atoms with van der Waals surface area (Å²) in [6.07, 6.45) is -0.909. The zero-order valence-electron chi connectivity index (χ0n) is 9.09. The molecule has 1 unspecified atom stereocenters. The Balaban J connectivity index is 2.08. The Kier molecular flexibility index (Phi) is 3.73. The van der Waals surface area contributed by atoms with E-state index in [4.69, 9.17) is 10.2 Å². The van der Waals surface area contributed by atoms with Crippen molar-refractivity contribution < 1.29 is 15.0 Å². The van der Waals surface area contributed by atoms with Gasteiger partial charge in [-0.1, -0.05) is 18.2 Å². The first-order chi connectivity index (χ1) is 8.20. The Morgan fingerprint density at radius 2 is 2.18 bits per heavy atom. The van der Waals surface area contributed by atoms with E-state index in [1.165, 1.54) is 11.3 Å². The lowest BCUT2D eigenvalue weighted by atomic mass is 10.2. The van der Waals surface area contributed by atoms with Crippen LogP contribution in [0.1, 0.15) is 9.67 Å². The van der Waals surface area contributed by atoms with E-state index in [1.807, 2.05) is 30.3 Å². The van der Waals surface area contributed by atoms with E-state index in [-0.39, 0.29) is 19.1 Å². The number of amides is 1. The molecule has 0 aliphatic heterocycles. The van der Waals surface area contributed by atoms with Crippen molar-refractivity contribution in [1.29, 1.82) is 0 Å². The van der Waals surface area contributed by atoms with Crippen LogP contribution in [0.3, 0.4) is 0 Å². The maximum Gasteiger partial charge on any atom is 0.261 e. The molecule has 0 radical (unpaired) electrons. The number of hydrogen-bond donors (Lipinski definition) is 3. The highest BCUT2D eigenvalue weighted by molar-refractivity contribution is 7.20. The average molecular weight is 251 g/mol. The summed E-state index contributed by atoms with van der Waals surface area (Å²) in [5.41, 5.74) is 0. The zero-order chi connectivity index (χ0) is 12.3. The fourth-order valence-corrected chi connectivity index (χ4v) is 2.44. The Morgan fingerprint density at radius 1 is 1.41 bits per heavy atom. The maximum atomic E-state index is 11.7. The van der Waals surface area contributed by atoms with Crippen molar-refractivity contribution in [1.82, 2.24) is 5.32 Å². The molecule has 2 rings (SSSR count). The number of rotatable bonds is 4.